The highest BCUT2D eigenvalue weighted by atomic mass is 16.3. The summed E-state index contributed by atoms with van der Waals surface area (Å²) in [5.74, 6) is 6.04. The summed E-state index contributed by atoms with van der Waals surface area (Å²) in [4.78, 5) is 2.04. The quantitative estimate of drug-likeness (QED) is 0.809. The van der Waals surface area contributed by atoms with Crippen LogP contribution in [0.3, 0.4) is 0 Å². The summed E-state index contributed by atoms with van der Waals surface area (Å²) in [6.07, 6.45) is 0.321. The monoisotopic (exact) mass is 231 g/mol. The van der Waals surface area contributed by atoms with Crippen LogP contribution in [0.15, 0.2) is 24.3 Å². The van der Waals surface area contributed by atoms with Crippen LogP contribution in [-0.2, 0) is 0 Å². The maximum absolute atomic E-state index is 10.1. The Kier molecular flexibility index (Phi) is 5.06. The Morgan fingerprint density at radius 3 is 2.29 bits per heavy atom. The first-order valence-corrected chi connectivity index (χ1v) is 6.00. The zero-order valence-corrected chi connectivity index (χ0v) is 11.1. The van der Waals surface area contributed by atoms with Gasteiger partial charge in [-0.25, -0.2) is 0 Å². The number of rotatable bonds is 3. The Morgan fingerprint density at radius 2 is 1.82 bits per heavy atom. The zero-order chi connectivity index (χ0) is 12.8. The lowest BCUT2D eigenvalue weighted by Crippen LogP contribution is -2.10. The molecule has 17 heavy (non-hydrogen) atoms. The van der Waals surface area contributed by atoms with E-state index in [1.807, 2.05) is 57.1 Å². The van der Waals surface area contributed by atoms with Crippen LogP contribution in [-0.4, -0.2) is 19.2 Å². The molecule has 0 saturated carbocycles. The summed E-state index contributed by atoms with van der Waals surface area (Å²) >= 11 is 0. The lowest BCUT2D eigenvalue weighted by Gasteiger charge is -2.17. The van der Waals surface area contributed by atoms with Gasteiger partial charge in [-0.2, -0.15) is 0 Å². The minimum Gasteiger partial charge on any atom is -0.387 e. The molecule has 1 N–H and O–H groups in total. The van der Waals surface area contributed by atoms with Crippen LogP contribution < -0.4 is 4.90 Å². The van der Waals surface area contributed by atoms with Crippen molar-refractivity contribution in [1.29, 1.82) is 0 Å². The molecular weight excluding hydrogens is 210 g/mol. The molecule has 0 heterocycles. The molecule has 1 aromatic rings. The maximum atomic E-state index is 10.1. The number of anilines is 1. The van der Waals surface area contributed by atoms with E-state index < -0.39 is 6.10 Å². The first-order chi connectivity index (χ1) is 8.06. The standard InChI is InChI=1S/C15H21NO/c1-5-6-7-12(2)15(17)13-8-10-14(11-9-13)16(3)4/h8-12,15,17H,5H2,1-4H3. The van der Waals surface area contributed by atoms with Crippen LogP contribution in [0.2, 0.25) is 0 Å². The first kappa shape index (κ1) is 13.6. The molecule has 0 saturated heterocycles. The molecule has 2 unspecified atom stereocenters. The van der Waals surface area contributed by atoms with Gasteiger partial charge in [0.05, 0.1) is 6.10 Å². The molecule has 1 aromatic carbocycles. The van der Waals surface area contributed by atoms with Gasteiger partial charge in [0.15, 0.2) is 0 Å². The average molecular weight is 231 g/mol. The fraction of sp³-hybridized carbons (Fsp3) is 0.467. The molecule has 0 fully saturated rings. The first-order valence-electron chi connectivity index (χ1n) is 6.00. The molecule has 1 rings (SSSR count). The number of aliphatic hydroxyl groups is 1. The Labute approximate surface area is 104 Å². The zero-order valence-electron chi connectivity index (χ0n) is 11.1. The predicted octanol–water partition coefficient (Wildman–Crippen LogP) is 2.84. The minimum atomic E-state index is -0.509. The van der Waals surface area contributed by atoms with E-state index in [1.165, 1.54) is 0 Å². The van der Waals surface area contributed by atoms with Crippen molar-refractivity contribution in [3.05, 3.63) is 29.8 Å². The summed E-state index contributed by atoms with van der Waals surface area (Å²) in [5.41, 5.74) is 2.06. The van der Waals surface area contributed by atoms with Crippen molar-refractivity contribution >= 4 is 5.69 Å². The number of aliphatic hydroxyl groups excluding tert-OH is 1. The Balaban J connectivity index is 2.79. The second kappa shape index (κ2) is 6.32. The van der Waals surface area contributed by atoms with E-state index in [0.717, 1.165) is 17.7 Å². The molecule has 0 radical (unpaired) electrons. The van der Waals surface area contributed by atoms with Gasteiger partial charge in [-0.05, 0) is 24.6 Å². The summed E-state index contributed by atoms with van der Waals surface area (Å²) < 4.78 is 0. The van der Waals surface area contributed by atoms with Crippen molar-refractivity contribution in [2.75, 3.05) is 19.0 Å². The lowest BCUT2D eigenvalue weighted by molar-refractivity contribution is 0.143. The highest BCUT2D eigenvalue weighted by Crippen LogP contribution is 2.23. The summed E-state index contributed by atoms with van der Waals surface area (Å²) in [7, 11) is 4.00. The van der Waals surface area contributed by atoms with Crippen molar-refractivity contribution in [2.24, 2.45) is 5.92 Å². The van der Waals surface area contributed by atoms with Gasteiger partial charge >= 0.3 is 0 Å². The van der Waals surface area contributed by atoms with Gasteiger partial charge in [-0.15, -0.1) is 5.92 Å². The number of benzene rings is 1. The largest absolute Gasteiger partial charge is 0.387 e. The van der Waals surface area contributed by atoms with Crippen LogP contribution in [0.25, 0.3) is 0 Å². The second-order valence-electron chi connectivity index (χ2n) is 4.39. The molecule has 0 amide bonds. The van der Waals surface area contributed by atoms with Crippen LogP contribution in [0.1, 0.15) is 31.9 Å². The van der Waals surface area contributed by atoms with Crippen molar-refractivity contribution in [2.45, 2.75) is 26.4 Å². The molecule has 2 heteroatoms. The Morgan fingerprint density at radius 1 is 1.24 bits per heavy atom. The van der Waals surface area contributed by atoms with E-state index in [-0.39, 0.29) is 5.92 Å². The van der Waals surface area contributed by atoms with Crippen molar-refractivity contribution in [1.82, 2.24) is 0 Å². The van der Waals surface area contributed by atoms with Gasteiger partial charge in [0, 0.05) is 32.1 Å². The molecular formula is C15H21NO. The fourth-order valence-corrected chi connectivity index (χ4v) is 1.60. The van der Waals surface area contributed by atoms with Crippen LogP contribution >= 0.6 is 0 Å². The third-order valence-electron chi connectivity index (χ3n) is 2.73. The Hall–Kier alpha value is -1.46. The van der Waals surface area contributed by atoms with Crippen LogP contribution in [0, 0.1) is 17.8 Å². The third kappa shape index (κ3) is 3.80. The van der Waals surface area contributed by atoms with Gasteiger partial charge in [0.25, 0.3) is 0 Å². The number of hydrogen-bond acceptors (Lipinski definition) is 2. The molecule has 92 valence electrons. The highest BCUT2D eigenvalue weighted by molar-refractivity contribution is 5.46. The molecule has 2 atom stereocenters. The molecule has 0 spiro atoms. The molecule has 0 aliphatic carbocycles. The van der Waals surface area contributed by atoms with Crippen molar-refractivity contribution < 1.29 is 5.11 Å². The number of nitrogens with zero attached hydrogens (tertiary/aromatic N) is 1. The van der Waals surface area contributed by atoms with E-state index in [9.17, 15) is 5.11 Å². The molecule has 2 nitrogen and oxygen atoms in total. The van der Waals surface area contributed by atoms with E-state index in [1.54, 1.807) is 0 Å². The molecule has 0 aromatic heterocycles. The average Bonchev–Trinajstić information content (AvgIpc) is 2.35. The number of hydrogen-bond donors (Lipinski definition) is 1. The summed E-state index contributed by atoms with van der Waals surface area (Å²) in [5, 5.41) is 10.1. The van der Waals surface area contributed by atoms with Crippen LogP contribution in [0.4, 0.5) is 5.69 Å². The second-order valence-corrected chi connectivity index (χ2v) is 4.39. The lowest BCUT2D eigenvalue weighted by atomic mass is 9.97. The minimum absolute atomic E-state index is 0.0276. The smallest absolute Gasteiger partial charge is 0.0924 e. The van der Waals surface area contributed by atoms with Gasteiger partial charge in [-0.3, -0.25) is 0 Å². The van der Waals surface area contributed by atoms with Crippen molar-refractivity contribution in [3.8, 4) is 11.8 Å². The third-order valence-corrected chi connectivity index (χ3v) is 2.73. The molecule has 0 aliphatic rings. The SMILES string of the molecule is CCC#CC(C)C(O)c1ccc(N(C)C)cc1. The summed E-state index contributed by atoms with van der Waals surface area (Å²) in [6, 6.07) is 7.95. The van der Waals surface area contributed by atoms with Crippen LogP contribution in [0.5, 0.6) is 0 Å². The van der Waals surface area contributed by atoms with Gasteiger partial charge in [-0.1, -0.05) is 25.0 Å². The van der Waals surface area contributed by atoms with Gasteiger partial charge in [0.1, 0.15) is 0 Å². The van der Waals surface area contributed by atoms with E-state index in [2.05, 4.69) is 11.8 Å². The highest BCUT2D eigenvalue weighted by Gasteiger charge is 2.13. The topological polar surface area (TPSA) is 23.5 Å². The summed E-state index contributed by atoms with van der Waals surface area (Å²) in [6.45, 7) is 3.96. The van der Waals surface area contributed by atoms with E-state index in [4.69, 9.17) is 0 Å². The maximum Gasteiger partial charge on any atom is 0.0924 e. The van der Waals surface area contributed by atoms with Gasteiger partial charge in [0.2, 0.25) is 0 Å². The van der Waals surface area contributed by atoms with Gasteiger partial charge < -0.3 is 10.0 Å². The predicted molar refractivity (Wildman–Crippen MR) is 73.0 cm³/mol. The fourth-order valence-electron chi connectivity index (χ4n) is 1.60. The van der Waals surface area contributed by atoms with E-state index >= 15 is 0 Å². The van der Waals surface area contributed by atoms with E-state index in [0.29, 0.717) is 0 Å². The molecule has 0 bridgehead atoms. The molecule has 0 aliphatic heterocycles. The van der Waals surface area contributed by atoms with Crippen molar-refractivity contribution in [3.63, 3.8) is 0 Å². The normalized spacial score (nSPS) is 13.5. The Bertz CT molecular complexity index is 397.